The van der Waals surface area contributed by atoms with Crippen LogP contribution in [0, 0.1) is 0 Å². The van der Waals surface area contributed by atoms with E-state index in [0.717, 1.165) is 6.42 Å². The molecule has 0 aliphatic carbocycles. The number of anilines is 1. The first-order chi connectivity index (χ1) is 12.1. The zero-order valence-corrected chi connectivity index (χ0v) is 14.2. The van der Waals surface area contributed by atoms with Crippen LogP contribution >= 0.6 is 11.6 Å². The van der Waals surface area contributed by atoms with Crippen molar-refractivity contribution in [1.29, 1.82) is 0 Å². The van der Waals surface area contributed by atoms with Gasteiger partial charge in [-0.2, -0.15) is 0 Å². The first-order valence-corrected chi connectivity index (χ1v) is 8.29. The van der Waals surface area contributed by atoms with Gasteiger partial charge in [-0.05, 0) is 24.6 Å². The molecule has 25 heavy (non-hydrogen) atoms. The number of nitrogens with zero attached hydrogens (tertiary/aromatic N) is 1. The lowest BCUT2D eigenvalue weighted by atomic mass is 10.1. The van der Waals surface area contributed by atoms with Crippen molar-refractivity contribution in [3.8, 4) is 0 Å². The molecule has 1 fully saturated rings. The number of esters is 1. The molecular formula is C19H16ClNO4. The zero-order chi connectivity index (χ0) is 17.8. The number of Topliss-reactive ketones (excluding diaryl/α,β-unsaturated/α-hetero) is 1. The number of halogens is 1. The van der Waals surface area contributed by atoms with Crippen molar-refractivity contribution in [2.45, 2.75) is 12.8 Å². The molecule has 6 heteroatoms. The molecule has 128 valence electrons. The summed E-state index contributed by atoms with van der Waals surface area (Å²) in [6, 6.07) is 13.2. The van der Waals surface area contributed by atoms with E-state index in [1.807, 2.05) is 0 Å². The van der Waals surface area contributed by atoms with Gasteiger partial charge in [-0.25, -0.2) is 4.79 Å². The molecule has 1 aliphatic heterocycles. The van der Waals surface area contributed by atoms with Crippen LogP contribution in [0.2, 0.25) is 5.02 Å². The lowest BCUT2D eigenvalue weighted by molar-refractivity contribution is -0.117. The van der Waals surface area contributed by atoms with Gasteiger partial charge in [-0.1, -0.05) is 41.9 Å². The molecular weight excluding hydrogens is 342 g/mol. The third-order valence-electron chi connectivity index (χ3n) is 3.98. The average Bonchev–Trinajstić information content (AvgIpc) is 3.06. The molecule has 0 spiro atoms. The van der Waals surface area contributed by atoms with Crippen LogP contribution in [0.15, 0.2) is 48.5 Å². The van der Waals surface area contributed by atoms with E-state index >= 15 is 0 Å². The Morgan fingerprint density at radius 1 is 1.08 bits per heavy atom. The van der Waals surface area contributed by atoms with E-state index in [4.69, 9.17) is 16.3 Å². The summed E-state index contributed by atoms with van der Waals surface area (Å²) < 4.78 is 5.09. The van der Waals surface area contributed by atoms with E-state index < -0.39 is 5.97 Å². The molecule has 0 bridgehead atoms. The monoisotopic (exact) mass is 357 g/mol. The number of carbonyl (C=O) groups is 3. The van der Waals surface area contributed by atoms with Gasteiger partial charge in [-0.3, -0.25) is 9.59 Å². The normalized spacial score (nSPS) is 13.8. The van der Waals surface area contributed by atoms with Gasteiger partial charge >= 0.3 is 5.97 Å². The second kappa shape index (κ2) is 7.49. The molecule has 3 rings (SSSR count). The third-order valence-corrected chi connectivity index (χ3v) is 4.30. The second-order valence-electron chi connectivity index (χ2n) is 5.68. The molecule has 2 aromatic rings. The van der Waals surface area contributed by atoms with Crippen molar-refractivity contribution in [1.82, 2.24) is 0 Å². The summed E-state index contributed by atoms with van der Waals surface area (Å²) >= 11 is 6.15. The number of ketones is 1. The van der Waals surface area contributed by atoms with Gasteiger partial charge in [0.2, 0.25) is 5.91 Å². The first-order valence-electron chi connectivity index (χ1n) is 7.91. The maximum atomic E-state index is 12.2. The molecule has 0 N–H and O–H groups in total. The number of ether oxygens (including phenoxy) is 1. The van der Waals surface area contributed by atoms with Crippen LogP contribution in [-0.2, 0) is 9.53 Å². The Hall–Kier alpha value is -2.66. The van der Waals surface area contributed by atoms with Gasteiger partial charge in [0.1, 0.15) is 0 Å². The van der Waals surface area contributed by atoms with Crippen LogP contribution in [0.4, 0.5) is 5.69 Å². The minimum absolute atomic E-state index is 0.0216. The fourth-order valence-electron chi connectivity index (χ4n) is 2.67. The fourth-order valence-corrected chi connectivity index (χ4v) is 2.89. The van der Waals surface area contributed by atoms with Crippen LogP contribution in [-0.4, -0.2) is 30.8 Å². The Morgan fingerprint density at radius 2 is 1.84 bits per heavy atom. The summed E-state index contributed by atoms with van der Waals surface area (Å²) in [5.41, 5.74) is 1.22. The Labute approximate surface area is 150 Å². The highest BCUT2D eigenvalue weighted by Crippen LogP contribution is 2.30. The van der Waals surface area contributed by atoms with Gasteiger partial charge in [0.15, 0.2) is 12.4 Å². The van der Waals surface area contributed by atoms with Crippen molar-refractivity contribution in [2.24, 2.45) is 0 Å². The second-order valence-corrected chi connectivity index (χ2v) is 6.09. The minimum Gasteiger partial charge on any atom is -0.454 e. The quantitative estimate of drug-likeness (QED) is 0.607. The van der Waals surface area contributed by atoms with Gasteiger partial charge in [0.25, 0.3) is 0 Å². The summed E-state index contributed by atoms with van der Waals surface area (Å²) in [6.07, 6.45) is 1.23. The van der Waals surface area contributed by atoms with E-state index in [2.05, 4.69) is 0 Å². The molecule has 0 radical (unpaired) electrons. The van der Waals surface area contributed by atoms with Crippen molar-refractivity contribution in [3.63, 3.8) is 0 Å². The fraction of sp³-hybridized carbons (Fsp3) is 0.211. The van der Waals surface area contributed by atoms with Crippen LogP contribution in [0.5, 0.6) is 0 Å². The molecule has 2 aromatic carbocycles. The van der Waals surface area contributed by atoms with E-state index in [1.54, 1.807) is 41.3 Å². The third kappa shape index (κ3) is 3.88. The molecule has 5 nitrogen and oxygen atoms in total. The molecule has 1 amide bonds. The smallest absolute Gasteiger partial charge is 0.338 e. The Kier molecular flexibility index (Phi) is 5.14. The summed E-state index contributed by atoms with van der Waals surface area (Å²) in [6.45, 7) is 0.229. The van der Waals surface area contributed by atoms with Crippen LogP contribution in [0.3, 0.4) is 0 Å². The maximum absolute atomic E-state index is 12.2. The predicted octanol–water partition coefficient (Wildman–Crippen LogP) is 3.51. The van der Waals surface area contributed by atoms with Gasteiger partial charge in [-0.15, -0.1) is 0 Å². The molecule has 0 aromatic heterocycles. The van der Waals surface area contributed by atoms with Gasteiger partial charge in [0.05, 0.1) is 16.3 Å². The number of benzene rings is 2. The Morgan fingerprint density at radius 3 is 2.52 bits per heavy atom. The number of carbonyl (C=O) groups excluding carboxylic acids is 3. The van der Waals surface area contributed by atoms with Crippen LogP contribution < -0.4 is 4.90 Å². The first kappa shape index (κ1) is 17.2. The Bertz CT molecular complexity index is 819. The summed E-state index contributed by atoms with van der Waals surface area (Å²) in [7, 11) is 0. The van der Waals surface area contributed by atoms with E-state index in [0.29, 0.717) is 29.2 Å². The number of hydrogen-bond donors (Lipinski definition) is 0. The highest BCUT2D eigenvalue weighted by Gasteiger charge is 2.24. The molecule has 1 saturated heterocycles. The van der Waals surface area contributed by atoms with E-state index in [1.165, 1.54) is 12.1 Å². The summed E-state index contributed by atoms with van der Waals surface area (Å²) in [5.74, 6) is -0.932. The standard InChI is InChI=1S/C19H16ClNO4/c20-15-9-8-14(11-16(15)21-10-4-7-18(21)23)19(24)25-12-17(22)13-5-2-1-3-6-13/h1-3,5-6,8-9,11H,4,7,10,12H2. The van der Waals surface area contributed by atoms with E-state index in [9.17, 15) is 14.4 Å². The zero-order valence-electron chi connectivity index (χ0n) is 13.4. The highest BCUT2D eigenvalue weighted by molar-refractivity contribution is 6.34. The maximum Gasteiger partial charge on any atom is 0.338 e. The predicted molar refractivity (Wildman–Crippen MR) is 94.1 cm³/mol. The van der Waals surface area contributed by atoms with Gasteiger partial charge in [0, 0.05) is 18.5 Å². The highest BCUT2D eigenvalue weighted by atomic mass is 35.5. The van der Waals surface area contributed by atoms with E-state index in [-0.39, 0.29) is 23.9 Å². The largest absolute Gasteiger partial charge is 0.454 e. The topological polar surface area (TPSA) is 63.7 Å². The average molecular weight is 358 g/mol. The van der Waals surface area contributed by atoms with Gasteiger partial charge < -0.3 is 9.64 Å². The number of hydrogen-bond acceptors (Lipinski definition) is 4. The lowest BCUT2D eigenvalue weighted by Crippen LogP contribution is -2.24. The van der Waals surface area contributed by atoms with Crippen molar-refractivity contribution in [2.75, 3.05) is 18.1 Å². The Balaban J connectivity index is 1.70. The van der Waals surface area contributed by atoms with Crippen LogP contribution in [0.1, 0.15) is 33.6 Å². The molecule has 0 unspecified atom stereocenters. The molecule has 0 atom stereocenters. The summed E-state index contributed by atoms with van der Waals surface area (Å²) in [4.78, 5) is 37.7. The number of amides is 1. The van der Waals surface area contributed by atoms with Crippen molar-refractivity contribution >= 4 is 34.9 Å². The number of rotatable bonds is 5. The van der Waals surface area contributed by atoms with Crippen LogP contribution in [0.25, 0.3) is 0 Å². The molecule has 1 heterocycles. The minimum atomic E-state index is -0.631. The van der Waals surface area contributed by atoms with Crippen molar-refractivity contribution < 1.29 is 19.1 Å². The molecule has 0 saturated carbocycles. The van der Waals surface area contributed by atoms with Crippen molar-refractivity contribution in [3.05, 3.63) is 64.7 Å². The SMILES string of the molecule is O=C(COC(=O)c1ccc(Cl)c(N2CCCC2=O)c1)c1ccccc1. The summed E-state index contributed by atoms with van der Waals surface area (Å²) in [5, 5.41) is 0.396. The molecule has 1 aliphatic rings. The lowest BCUT2D eigenvalue weighted by Gasteiger charge is -2.18.